The lowest BCUT2D eigenvalue weighted by Crippen LogP contribution is -2.34. The molecule has 0 radical (unpaired) electrons. The molecule has 1 aliphatic rings. The van der Waals surface area contributed by atoms with Crippen LogP contribution in [0.5, 0.6) is 5.88 Å². The van der Waals surface area contributed by atoms with Gasteiger partial charge in [-0.2, -0.15) is 4.57 Å². The largest absolute Gasteiger partial charge is 0.470 e. The fraction of sp³-hybridized carbons (Fsp3) is 0.412. The molecule has 0 spiro atoms. The van der Waals surface area contributed by atoms with Gasteiger partial charge in [-0.3, -0.25) is 0 Å². The minimum atomic E-state index is 0.351. The highest BCUT2D eigenvalue weighted by molar-refractivity contribution is 5.13. The maximum Gasteiger partial charge on any atom is 0.280 e. The van der Waals surface area contributed by atoms with Gasteiger partial charge in [-0.25, -0.2) is 4.98 Å². The van der Waals surface area contributed by atoms with Crippen molar-refractivity contribution in [2.24, 2.45) is 0 Å². The molecule has 0 unspecified atom stereocenters. The molecule has 0 amide bonds. The number of nitrogens with zero attached hydrogens (tertiary/aromatic N) is 2. The lowest BCUT2D eigenvalue weighted by molar-refractivity contribution is -0.689. The highest BCUT2D eigenvalue weighted by Crippen LogP contribution is 2.21. The Morgan fingerprint density at radius 1 is 1.10 bits per heavy atom. The molecule has 0 atom stereocenters. The highest BCUT2D eigenvalue weighted by Gasteiger charge is 2.16. The maximum atomic E-state index is 6.00. The number of ether oxygens (including phenoxy) is 1. The third-order valence-electron chi connectivity index (χ3n) is 3.78. The smallest absolute Gasteiger partial charge is 0.280 e. The summed E-state index contributed by atoms with van der Waals surface area (Å²) in [4.78, 5) is 4.33. The molecule has 3 heteroatoms. The molecule has 0 bridgehead atoms. The van der Waals surface area contributed by atoms with E-state index >= 15 is 0 Å². The Labute approximate surface area is 120 Å². The van der Waals surface area contributed by atoms with Crippen LogP contribution in [0.1, 0.15) is 37.7 Å². The van der Waals surface area contributed by atoms with E-state index < -0.39 is 0 Å². The Morgan fingerprint density at radius 2 is 1.90 bits per heavy atom. The summed E-state index contributed by atoms with van der Waals surface area (Å²) in [7, 11) is 0. The molecule has 1 heterocycles. The van der Waals surface area contributed by atoms with Crippen LogP contribution in [0, 0.1) is 0 Å². The van der Waals surface area contributed by atoms with E-state index in [4.69, 9.17) is 4.74 Å². The lowest BCUT2D eigenvalue weighted by atomic mass is 9.98. The molecule has 2 aromatic rings. The third kappa shape index (κ3) is 3.56. The van der Waals surface area contributed by atoms with E-state index in [-0.39, 0.29) is 0 Å². The van der Waals surface area contributed by atoms with E-state index in [1.807, 2.05) is 24.7 Å². The molecular weight excluding hydrogens is 248 g/mol. The molecule has 1 fully saturated rings. The van der Waals surface area contributed by atoms with Crippen molar-refractivity contribution in [3.63, 3.8) is 0 Å². The molecule has 0 aliphatic heterocycles. The van der Waals surface area contributed by atoms with Crippen molar-refractivity contribution >= 4 is 0 Å². The third-order valence-corrected chi connectivity index (χ3v) is 3.78. The zero-order chi connectivity index (χ0) is 13.6. The SMILES string of the molecule is c1ccc(C[n+]2ccnc(OC3CCCCC3)c2)cc1. The summed E-state index contributed by atoms with van der Waals surface area (Å²) in [5.74, 6) is 0.746. The number of hydrogen-bond donors (Lipinski definition) is 0. The lowest BCUT2D eigenvalue weighted by Gasteiger charge is -2.21. The van der Waals surface area contributed by atoms with E-state index in [1.165, 1.54) is 24.8 Å². The van der Waals surface area contributed by atoms with Gasteiger partial charge < -0.3 is 4.74 Å². The molecule has 1 saturated carbocycles. The van der Waals surface area contributed by atoms with Crippen molar-refractivity contribution in [2.45, 2.75) is 44.8 Å². The second-order valence-electron chi connectivity index (χ2n) is 5.43. The summed E-state index contributed by atoms with van der Waals surface area (Å²) in [5.41, 5.74) is 1.28. The Kier molecular flexibility index (Phi) is 4.26. The van der Waals surface area contributed by atoms with Gasteiger partial charge in [0.15, 0.2) is 12.7 Å². The first-order valence-electron chi connectivity index (χ1n) is 7.46. The summed E-state index contributed by atoms with van der Waals surface area (Å²) in [5, 5.41) is 0. The van der Waals surface area contributed by atoms with Gasteiger partial charge in [0.2, 0.25) is 6.20 Å². The average molecular weight is 269 g/mol. The van der Waals surface area contributed by atoms with Crippen molar-refractivity contribution in [1.29, 1.82) is 0 Å². The van der Waals surface area contributed by atoms with Crippen LogP contribution in [0.15, 0.2) is 48.9 Å². The molecule has 104 valence electrons. The molecule has 1 aliphatic carbocycles. The molecule has 1 aromatic heterocycles. The molecule has 1 aromatic carbocycles. The number of aromatic nitrogens is 2. The van der Waals surface area contributed by atoms with Gasteiger partial charge >= 0.3 is 0 Å². The Morgan fingerprint density at radius 3 is 2.70 bits per heavy atom. The standard InChI is InChI=1S/C17H21N2O/c1-3-7-15(8-4-1)13-19-12-11-18-17(14-19)20-16-9-5-2-6-10-16/h1,3-4,7-8,11-12,14,16H,2,5-6,9-10,13H2/q+1. The fourth-order valence-corrected chi connectivity index (χ4v) is 2.72. The van der Waals surface area contributed by atoms with E-state index in [9.17, 15) is 0 Å². The first kappa shape index (κ1) is 13.1. The second-order valence-corrected chi connectivity index (χ2v) is 5.43. The number of hydrogen-bond acceptors (Lipinski definition) is 2. The Hall–Kier alpha value is -1.90. The van der Waals surface area contributed by atoms with E-state index in [1.54, 1.807) is 0 Å². The van der Waals surface area contributed by atoms with Gasteiger partial charge in [0, 0.05) is 5.56 Å². The van der Waals surface area contributed by atoms with Gasteiger partial charge in [0.1, 0.15) is 6.10 Å². The Bertz CT molecular complexity index is 536. The summed E-state index contributed by atoms with van der Waals surface area (Å²) < 4.78 is 8.13. The van der Waals surface area contributed by atoms with E-state index in [2.05, 4.69) is 33.8 Å². The van der Waals surface area contributed by atoms with Crippen molar-refractivity contribution in [2.75, 3.05) is 0 Å². The zero-order valence-electron chi connectivity index (χ0n) is 11.7. The minimum Gasteiger partial charge on any atom is -0.470 e. The highest BCUT2D eigenvalue weighted by atomic mass is 16.5. The van der Waals surface area contributed by atoms with Gasteiger partial charge in [-0.05, 0) is 25.7 Å². The van der Waals surface area contributed by atoms with Crippen LogP contribution in [0.2, 0.25) is 0 Å². The molecule has 3 rings (SSSR count). The molecule has 3 nitrogen and oxygen atoms in total. The summed E-state index contributed by atoms with van der Waals surface area (Å²) in [6, 6.07) is 10.4. The first-order valence-corrected chi connectivity index (χ1v) is 7.46. The number of rotatable bonds is 4. The number of benzene rings is 1. The summed E-state index contributed by atoms with van der Waals surface area (Å²) >= 11 is 0. The topological polar surface area (TPSA) is 26.0 Å². The normalized spacial score (nSPS) is 16.0. The van der Waals surface area contributed by atoms with Crippen molar-refractivity contribution in [3.8, 4) is 5.88 Å². The van der Waals surface area contributed by atoms with Gasteiger partial charge in [0.25, 0.3) is 5.88 Å². The molecule has 0 saturated heterocycles. The maximum absolute atomic E-state index is 6.00. The first-order chi connectivity index (χ1) is 9.90. The Balaban J connectivity index is 1.66. The average Bonchev–Trinajstić information content (AvgIpc) is 2.50. The van der Waals surface area contributed by atoms with Gasteiger partial charge in [0.05, 0.1) is 6.20 Å². The fourth-order valence-electron chi connectivity index (χ4n) is 2.72. The van der Waals surface area contributed by atoms with Gasteiger partial charge in [-0.1, -0.05) is 36.8 Å². The zero-order valence-corrected chi connectivity index (χ0v) is 11.7. The molecule has 20 heavy (non-hydrogen) atoms. The van der Waals surface area contributed by atoms with Crippen LogP contribution in [-0.4, -0.2) is 11.1 Å². The minimum absolute atomic E-state index is 0.351. The van der Waals surface area contributed by atoms with Crippen LogP contribution in [-0.2, 0) is 6.54 Å². The molecule has 0 N–H and O–H groups in total. The van der Waals surface area contributed by atoms with Crippen LogP contribution in [0.25, 0.3) is 0 Å². The monoisotopic (exact) mass is 269 g/mol. The van der Waals surface area contributed by atoms with Crippen molar-refractivity contribution in [1.82, 2.24) is 4.98 Å². The van der Waals surface area contributed by atoms with Crippen molar-refractivity contribution < 1.29 is 9.30 Å². The predicted molar refractivity (Wildman–Crippen MR) is 77.5 cm³/mol. The van der Waals surface area contributed by atoms with Crippen LogP contribution >= 0.6 is 0 Å². The van der Waals surface area contributed by atoms with Crippen LogP contribution in [0.3, 0.4) is 0 Å². The quantitative estimate of drug-likeness (QED) is 0.797. The second kappa shape index (κ2) is 6.51. The summed E-state index contributed by atoms with van der Waals surface area (Å²) in [6.07, 6.45) is 12.4. The van der Waals surface area contributed by atoms with E-state index in [0.29, 0.717) is 6.10 Å². The van der Waals surface area contributed by atoms with Crippen molar-refractivity contribution in [3.05, 3.63) is 54.5 Å². The van der Waals surface area contributed by atoms with Crippen LogP contribution in [0.4, 0.5) is 0 Å². The predicted octanol–water partition coefficient (Wildman–Crippen LogP) is 3.13. The van der Waals surface area contributed by atoms with Crippen LogP contribution < -0.4 is 9.30 Å². The molecular formula is C17H21N2O+. The summed E-state index contributed by atoms with van der Waals surface area (Å²) in [6.45, 7) is 0.852. The van der Waals surface area contributed by atoms with E-state index in [0.717, 1.165) is 25.3 Å². The van der Waals surface area contributed by atoms with Gasteiger partial charge in [-0.15, -0.1) is 0 Å².